The van der Waals surface area contributed by atoms with E-state index in [1.54, 1.807) is 25.1 Å². The van der Waals surface area contributed by atoms with Crippen molar-refractivity contribution in [3.63, 3.8) is 0 Å². The minimum absolute atomic E-state index is 0.237. The van der Waals surface area contributed by atoms with Crippen molar-refractivity contribution >= 4 is 15.9 Å². The van der Waals surface area contributed by atoms with Gasteiger partial charge in [-0.1, -0.05) is 34.1 Å². The van der Waals surface area contributed by atoms with Gasteiger partial charge in [0.25, 0.3) is 0 Å². The van der Waals surface area contributed by atoms with Crippen LogP contribution < -0.4 is 5.73 Å². The summed E-state index contributed by atoms with van der Waals surface area (Å²) in [5, 5.41) is 0. The molecule has 1 nitrogen and oxygen atoms in total. The van der Waals surface area contributed by atoms with Gasteiger partial charge in [-0.15, -0.1) is 0 Å². The van der Waals surface area contributed by atoms with Gasteiger partial charge in [0.2, 0.25) is 0 Å². The molecule has 100 valence electrons. The second-order valence-electron chi connectivity index (χ2n) is 4.55. The molecule has 0 heterocycles. The van der Waals surface area contributed by atoms with Gasteiger partial charge in [0.05, 0.1) is 0 Å². The number of nitrogens with two attached hydrogens (primary N) is 1. The summed E-state index contributed by atoms with van der Waals surface area (Å²) in [6, 6.07) is 9.13. The maximum absolute atomic E-state index is 13.2. The standard InChI is InChI=1S/C15H14BrF2N/c1-9-6-11(3-5-14(9)18)15(19)7-10-2-4-12(17)8-13(10)16/h2-6,8,15H,7,19H2,1H3. The van der Waals surface area contributed by atoms with E-state index in [0.717, 1.165) is 11.1 Å². The first-order chi connectivity index (χ1) is 8.97. The summed E-state index contributed by atoms with van der Waals surface area (Å²) in [5.41, 5.74) is 8.49. The van der Waals surface area contributed by atoms with Crippen LogP contribution in [0.4, 0.5) is 8.78 Å². The van der Waals surface area contributed by atoms with Crippen LogP contribution in [0.2, 0.25) is 0 Å². The fraction of sp³-hybridized carbons (Fsp3) is 0.200. The molecule has 0 amide bonds. The van der Waals surface area contributed by atoms with Gasteiger partial charge in [-0.2, -0.15) is 0 Å². The second kappa shape index (κ2) is 5.80. The van der Waals surface area contributed by atoms with Gasteiger partial charge in [-0.3, -0.25) is 0 Å². The van der Waals surface area contributed by atoms with Gasteiger partial charge in [0, 0.05) is 10.5 Å². The molecule has 4 heteroatoms. The third-order valence-electron chi connectivity index (χ3n) is 3.07. The highest BCUT2D eigenvalue weighted by Crippen LogP contribution is 2.24. The van der Waals surface area contributed by atoms with Gasteiger partial charge in [-0.25, -0.2) is 8.78 Å². The monoisotopic (exact) mass is 325 g/mol. The van der Waals surface area contributed by atoms with E-state index in [0.29, 0.717) is 16.5 Å². The molecule has 19 heavy (non-hydrogen) atoms. The summed E-state index contributed by atoms with van der Waals surface area (Å²) in [6.07, 6.45) is 0.561. The first-order valence-corrected chi connectivity index (χ1v) is 6.72. The Balaban J connectivity index is 2.20. The molecule has 2 rings (SSSR count). The average Bonchev–Trinajstić information content (AvgIpc) is 2.36. The Kier molecular flexibility index (Phi) is 4.32. The van der Waals surface area contributed by atoms with Crippen LogP contribution >= 0.6 is 15.9 Å². The predicted molar refractivity (Wildman–Crippen MR) is 75.9 cm³/mol. The fourth-order valence-corrected chi connectivity index (χ4v) is 2.45. The molecule has 0 aromatic heterocycles. The van der Waals surface area contributed by atoms with Crippen molar-refractivity contribution < 1.29 is 8.78 Å². The normalized spacial score (nSPS) is 12.5. The van der Waals surface area contributed by atoms with E-state index in [2.05, 4.69) is 15.9 Å². The van der Waals surface area contributed by atoms with E-state index in [4.69, 9.17) is 5.73 Å². The Labute approximate surface area is 119 Å². The zero-order valence-electron chi connectivity index (χ0n) is 10.5. The van der Waals surface area contributed by atoms with Gasteiger partial charge in [0.1, 0.15) is 11.6 Å². The number of halogens is 3. The minimum Gasteiger partial charge on any atom is -0.324 e. The third kappa shape index (κ3) is 3.39. The molecule has 0 aliphatic carbocycles. The van der Waals surface area contributed by atoms with Crippen LogP contribution in [0.1, 0.15) is 22.7 Å². The van der Waals surface area contributed by atoms with Crippen molar-refractivity contribution in [3.8, 4) is 0 Å². The third-order valence-corrected chi connectivity index (χ3v) is 3.80. The molecule has 0 fully saturated rings. The molecule has 1 atom stereocenters. The van der Waals surface area contributed by atoms with Crippen LogP contribution in [0.15, 0.2) is 40.9 Å². The Morgan fingerprint density at radius 2 is 1.89 bits per heavy atom. The molecular formula is C15H14BrF2N. The number of rotatable bonds is 3. The van der Waals surface area contributed by atoms with Gasteiger partial charge < -0.3 is 5.73 Å². The Morgan fingerprint density at radius 3 is 2.53 bits per heavy atom. The Hall–Kier alpha value is -1.26. The van der Waals surface area contributed by atoms with Crippen molar-refractivity contribution in [1.29, 1.82) is 0 Å². The maximum Gasteiger partial charge on any atom is 0.126 e. The van der Waals surface area contributed by atoms with Crippen LogP contribution in [0.25, 0.3) is 0 Å². The van der Waals surface area contributed by atoms with E-state index >= 15 is 0 Å². The molecule has 0 radical (unpaired) electrons. The van der Waals surface area contributed by atoms with E-state index in [9.17, 15) is 8.78 Å². The smallest absolute Gasteiger partial charge is 0.126 e. The molecular weight excluding hydrogens is 312 g/mol. The highest BCUT2D eigenvalue weighted by Gasteiger charge is 2.11. The first kappa shape index (κ1) is 14.2. The number of hydrogen-bond acceptors (Lipinski definition) is 1. The van der Waals surface area contributed by atoms with Crippen LogP contribution in [-0.4, -0.2) is 0 Å². The summed E-state index contributed by atoms with van der Waals surface area (Å²) in [7, 11) is 0. The van der Waals surface area contributed by atoms with Gasteiger partial charge >= 0.3 is 0 Å². The van der Waals surface area contributed by atoms with Crippen LogP contribution in [0.5, 0.6) is 0 Å². The van der Waals surface area contributed by atoms with Gasteiger partial charge in [0.15, 0.2) is 0 Å². The number of aryl methyl sites for hydroxylation is 1. The lowest BCUT2D eigenvalue weighted by Gasteiger charge is -2.14. The SMILES string of the molecule is Cc1cc(C(N)Cc2ccc(F)cc2Br)ccc1F. The van der Waals surface area contributed by atoms with Crippen LogP contribution in [-0.2, 0) is 6.42 Å². The molecule has 0 aliphatic rings. The van der Waals surface area contributed by atoms with Crippen LogP contribution in [0.3, 0.4) is 0 Å². The van der Waals surface area contributed by atoms with Crippen molar-refractivity contribution in [2.45, 2.75) is 19.4 Å². The zero-order valence-corrected chi connectivity index (χ0v) is 12.0. The summed E-state index contributed by atoms with van der Waals surface area (Å²) in [5.74, 6) is -0.527. The molecule has 0 bridgehead atoms. The summed E-state index contributed by atoms with van der Waals surface area (Å²) in [4.78, 5) is 0. The van der Waals surface area contributed by atoms with E-state index in [-0.39, 0.29) is 17.7 Å². The minimum atomic E-state index is -0.290. The molecule has 0 aliphatic heterocycles. The number of benzene rings is 2. The fourth-order valence-electron chi connectivity index (χ4n) is 1.94. The van der Waals surface area contributed by atoms with E-state index in [1.165, 1.54) is 18.2 Å². The van der Waals surface area contributed by atoms with E-state index in [1.807, 2.05) is 0 Å². The molecule has 2 N–H and O–H groups in total. The summed E-state index contributed by atoms with van der Waals surface area (Å²) >= 11 is 3.32. The Morgan fingerprint density at radius 1 is 1.16 bits per heavy atom. The molecule has 2 aromatic rings. The average molecular weight is 326 g/mol. The lowest BCUT2D eigenvalue weighted by atomic mass is 9.98. The summed E-state index contributed by atoms with van der Waals surface area (Å²) in [6.45, 7) is 1.71. The molecule has 0 spiro atoms. The molecule has 1 unspecified atom stereocenters. The predicted octanol–water partition coefficient (Wildman–Crippen LogP) is 4.28. The topological polar surface area (TPSA) is 26.0 Å². The first-order valence-electron chi connectivity index (χ1n) is 5.93. The summed E-state index contributed by atoms with van der Waals surface area (Å²) < 4.78 is 26.9. The van der Waals surface area contributed by atoms with Gasteiger partial charge in [-0.05, 0) is 48.2 Å². The van der Waals surface area contributed by atoms with Crippen LogP contribution in [0, 0.1) is 18.6 Å². The largest absolute Gasteiger partial charge is 0.324 e. The highest BCUT2D eigenvalue weighted by molar-refractivity contribution is 9.10. The number of hydrogen-bond donors (Lipinski definition) is 1. The zero-order chi connectivity index (χ0) is 14.0. The highest BCUT2D eigenvalue weighted by atomic mass is 79.9. The van der Waals surface area contributed by atoms with Crippen molar-refractivity contribution in [2.24, 2.45) is 5.73 Å². The lowest BCUT2D eigenvalue weighted by molar-refractivity contribution is 0.614. The Bertz CT molecular complexity index is 599. The van der Waals surface area contributed by atoms with Crippen molar-refractivity contribution in [3.05, 3.63) is 69.2 Å². The molecule has 0 saturated heterocycles. The molecule has 2 aromatic carbocycles. The second-order valence-corrected chi connectivity index (χ2v) is 5.41. The van der Waals surface area contributed by atoms with E-state index < -0.39 is 0 Å². The van der Waals surface area contributed by atoms with Crippen molar-refractivity contribution in [2.75, 3.05) is 0 Å². The quantitative estimate of drug-likeness (QED) is 0.895. The van der Waals surface area contributed by atoms with Crippen molar-refractivity contribution in [1.82, 2.24) is 0 Å². The maximum atomic E-state index is 13.2. The molecule has 0 saturated carbocycles. The lowest BCUT2D eigenvalue weighted by Crippen LogP contribution is -2.14.